The van der Waals surface area contributed by atoms with E-state index in [1.807, 2.05) is 26.8 Å². The van der Waals surface area contributed by atoms with E-state index in [0.29, 0.717) is 28.7 Å². The maximum absolute atomic E-state index is 12.1. The van der Waals surface area contributed by atoms with E-state index >= 15 is 0 Å². The Bertz CT molecular complexity index is 963. The lowest BCUT2D eigenvalue weighted by molar-refractivity contribution is -0.142. The van der Waals surface area contributed by atoms with Gasteiger partial charge in [0.15, 0.2) is 5.11 Å². The number of hydrogen-bond donors (Lipinski definition) is 2. The fourth-order valence-corrected chi connectivity index (χ4v) is 3.63. The molecular weight excluding hydrogens is 448 g/mol. The number of nitrogens with one attached hydrogen (secondary N) is 1. The van der Waals surface area contributed by atoms with E-state index in [1.54, 1.807) is 48.2 Å². The minimum atomic E-state index is -0.946. The maximum Gasteiger partial charge on any atom is 0.338 e. The van der Waals surface area contributed by atoms with E-state index in [4.69, 9.17) is 28.6 Å². The van der Waals surface area contributed by atoms with Crippen LogP contribution in [-0.2, 0) is 16.1 Å². The molecule has 1 unspecified atom stereocenters. The number of aliphatic carboxylic acids is 1. The number of anilines is 1. The van der Waals surface area contributed by atoms with Crippen LogP contribution in [0.1, 0.15) is 48.7 Å². The van der Waals surface area contributed by atoms with Crippen LogP contribution in [0.3, 0.4) is 0 Å². The summed E-state index contributed by atoms with van der Waals surface area (Å²) in [5.74, 6) is -1.18. The number of carbonyl (C=O) groups is 2. The standard InChI is InChI=1S/C24H29ClN2O4S/c1-5-31-23(30)18-8-6-17(7-9-18)14-27(21(22(28)29)12-15(2)3)24(32)26-19-10-11-20(25)16(4)13-19/h6-11,13,15,21H,5,12,14H2,1-4H3,(H,26,32)(H,28,29). The van der Waals surface area contributed by atoms with Crippen LogP contribution in [0.2, 0.25) is 5.02 Å². The molecule has 0 bridgehead atoms. The predicted octanol–water partition coefficient (Wildman–Crippen LogP) is 5.52. The lowest BCUT2D eigenvalue weighted by Gasteiger charge is -2.32. The molecule has 0 aliphatic rings. The molecule has 2 aromatic carbocycles. The highest BCUT2D eigenvalue weighted by atomic mass is 35.5. The normalized spacial score (nSPS) is 11.7. The molecule has 0 heterocycles. The van der Waals surface area contributed by atoms with Gasteiger partial charge in [-0.2, -0.15) is 0 Å². The summed E-state index contributed by atoms with van der Waals surface area (Å²) in [6, 6.07) is 11.5. The van der Waals surface area contributed by atoms with E-state index in [9.17, 15) is 14.7 Å². The Labute approximate surface area is 199 Å². The minimum Gasteiger partial charge on any atom is -0.480 e. The minimum absolute atomic E-state index is 0.158. The number of carboxylic acids is 1. The number of rotatable bonds is 9. The molecule has 1 atom stereocenters. The van der Waals surface area contributed by atoms with E-state index in [1.165, 1.54) is 0 Å². The molecule has 0 fully saturated rings. The van der Waals surface area contributed by atoms with Gasteiger partial charge in [0.2, 0.25) is 0 Å². The third-order valence-corrected chi connectivity index (χ3v) is 5.60. The molecule has 8 heteroatoms. The second-order valence-corrected chi connectivity index (χ2v) is 8.72. The van der Waals surface area contributed by atoms with Gasteiger partial charge in [-0.1, -0.05) is 37.6 Å². The number of carbonyl (C=O) groups excluding carboxylic acids is 1. The number of hydrogen-bond acceptors (Lipinski definition) is 4. The number of aryl methyl sites for hydroxylation is 1. The van der Waals surface area contributed by atoms with Crippen molar-refractivity contribution in [2.75, 3.05) is 11.9 Å². The van der Waals surface area contributed by atoms with E-state index in [0.717, 1.165) is 16.8 Å². The molecular formula is C24H29ClN2O4S. The van der Waals surface area contributed by atoms with Crippen molar-refractivity contribution in [3.05, 3.63) is 64.2 Å². The zero-order valence-corrected chi connectivity index (χ0v) is 20.3. The van der Waals surface area contributed by atoms with Crippen LogP contribution in [0.15, 0.2) is 42.5 Å². The van der Waals surface area contributed by atoms with Gasteiger partial charge in [-0.3, -0.25) is 0 Å². The molecule has 0 saturated carbocycles. The Morgan fingerprint density at radius 1 is 1.19 bits per heavy atom. The number of esters is 1. The van der Waals surface area contributed by atoms with Crippen molar-refractivity contribution in [2.24, 2.45) is 5.92 Å². The highest BCUT2D eigenvalue weighted by molar-refractivity contribution is 7.80. The van der Waals surface area contributed by atoms with Gasteiger partial charge in [0.1, 0.15) is 6.04 Å². The average Bonchev–Trinajstić information content (AvgIpc) is 2.73. The topological polar surface area (TPSA) is 78.9 Å². The van der Waals surface area contributed by atoms with E-state index in [2.05, 4.69) is 5.32 Å². The average molecular weight is 477 g/mol. The van der Waals surface area contributed by atoms with Crippen molar-refractivity contribution < 1.29 is 19.4 Å². The molecule has 0 aromatic heterocycles. The Morgan fingerprint density at radius 2 is 1.84 bits per heavy atom. The van der Waals surface area contributed by atoms with Gasteiger partial charge < -0.3 is 20.1 Å². The fraction of sp³-hybridized carbons (Fsp3) is 0.375. The first-order valence-corrected chi connectivity index (χ1v) is 11.2. The Kier molecular flexibility index (Phi) is 9.47. The Balaban J connectivity index is 2.30. The summed E-state index contributed by atoms with van der Waals surface area (Å²) in [4.78, 5) is 25.7. The third kappa shape index (κ3) is 7.21. The van der Waals surface area contributed by atoms with Crippen molar-refractivity contribution in [3.63, 3.8) is 0 Å². The quantitative estimate of drug-likeness (QED) is 0.364. The SMILES string of the molecule is CCOC(=O)c1ccc(CN(C(=S)Nc2ccc(Cl)c(C)c2)C(CC(C)C)C(=O)O)cc1. The predicted molar refractivity (Wildman–Crippen MR) is 131 cm³/mol. The first-order chi connectivity index (χ1) is 15.1. The third-order valence-electron chi connectivity index (χ3n) is 4.84. The molecule has 0 amide bonds. The summed E-state index contributed by atoms with van der Waals surface area (Å²) in [6.45, 7) is 8.15. The van der Waals surface area contributed by atoms with Crippen LogP contribution < -0.4 is 5.32 Å². The summed E-state index contributed by atoms with van der Waals surface area (Å²) in [5.41, 5.74) is 2.88. The summed E-state index contributed by atoms with van der Waals surface area (Å²) in [7, 11) is 0. The second-order valence-electron chi connectivity index (χ2n) is 7.92. The van der Waals surface area contributed by atoms with Crippen LogP contribution in [-0.4, -0.2) is 39.7 Å². The largest absolute Gasteiger partial charge is 0.480 e. The van der Waals surface area contributed by atoms with Gasteiger partial charge in [-0.15, -0.1) is 0 Å². The van der Waals surface area contributed by atoms with Gasteiger partial charge in [0.25, 0.3) is 0 Å². The molecule has 2 aromatic rings. The number of ether oxygens (including phenoxy) is 1. The zero-order chi connectivity index (χ0) is 23.8. The van der Waals surface area contributed by atoms with E-state index < -0.39 is 18.0 Å². The summed E-state index contributed by atoms with van der Waals surface area (Å²) >= 11 is 11.7. The molecule has 2 N–H and O–H groups in total. The molecule has 0 saturated heterocycles. The van der Waals surface area contributed by atoms with Crippen molar-refractivity contribution in [1.82, 2.24) is 4.90 Å². The van der Waals surface area contributed by atoms with Crippen LogP contribution in [0.4, 0.5) is 5.69 Å². The molecule has 0 radical (unpaired) electrons. The fourth-order valence-electron chi connectivity index (χ4n) is 3.21. The van der Waals surface area contributed by atoms with Crippen molar-refractivity contribution in [2.45, 2.75) is 46.7 Å². The molecule has 2 rings (SSSR count). The summed E-state index contributed by atoms with van der Waals surface area (Å²) in [6.07, 6.45) is 0.428. The van der Waals surface area contributed by atoms with Crippen molar-refractivity contribution >= 4 is 46.6 Å². The summed E-state index contributed by atoms with van der Waals surface area (Å²) in [5, 5.41) is 14.0. The molecule has 6 nitrogen and oxygen atoms in total. The van der Waals surface area contributed by atoms with Crippen LogP contribution in [0.5, 0.6) is 0 Å². The number of benzene rings is 2. The highest BCUT2D eigenvalue weighted by Crippen LogP contribution is 2.22. The molecule has 0 aliphatic heterocycles. The number of carboxylic acid groups (broad SMARTS) is 1. The van der Waals surface area contributed by atoms with Crippen molar-refractivity contribution in [1.29, 1.82) is 0 Å². The molecule has 0 spiro atoms. The van der Waals surface area contributed by atoms with Gasteiger partial charge in [-0.25, -0.2) is 9.59 Å². The maximum atomic E-state index is 12.1. The Morgan fingerprint density at radius 3 is 2.38 bits per heavy atom. The summed E-state index contributed by atoms with van der Waals surface area (Å²) < 4.78 is 5.02. The van der Waals surface area contributed by atoms with Crippen molar-refractivity contribution in [3.8, 4) is 0 Å². The van der Waals surface area contributed by atoms with Gasteiger partial charge in [0.05, 0.1) is 12.2 Å². The lowest BCUT2D eigenvalue weighted by Crippen LogP contribution is -2.47. The number of nitrogens with zero attached hydrogens (tertiary/aromatic N) is 1. The number of thiocarbonyl (C=S) groups is 1. The smallest absolute Gasteiger partial charge is 0.338 e. The first kappa shape index (κ1) is 25.6. The molecule has 32 heavy (non-hydrogen) atoms. The van der Waals surface area contributed by atoms with Crippen LogP contribution in [0.25, 0.3) is 0 Å². The first-order valence-electron chi connectivity index (χ1n) is 10.4. The van der Waals surface area contributed by atoms with Gasteiger partial charge >= 0.3 is 11.9 Å². The van der Waals surface area contributed by atoms with Gasteiger partial charge in [0, 0.05) is 17.3 Å². The monoisotopic (exact) mass is 476 g/mol. The lowest BCUT2D eigenvalue weighted by atomic mass is 10.0. The van der Waals surface area contributed by atoms with E-state index in [-0.39, 0.29) is 12.5 Å². The van der Waals surface area contributed by atoms with Gasteiger partial charge in [-0.05, 0) is 79.9 Å². The number of halogens is 1. The molecule has 172 valence electrons. The van der Waals surface area contributed by atoms with Crippen LogP contribution in [0, 0.1) is 12.8 Å². The highest BCUT2D eigenvalue weighted by Gasteiger charge is 2.29. The van der Waals surface area contributed by atoms with Crippen LogP contribution >= 0.6 is 23.8 Å². The molecule has 0 aliphatic carbocycles. The Hall–Kier alpha value is -2.64. The second kappa shape index (κ2) is 11.8. The zero-order valence-electron chi connectivity index (χ0n) is 18.7.